The van der Waals surface area contributed by atoms with Crippen molar-refractivity contribution < 1.29 is 19.5 Å². The van der Waals surface area contributed by atoms with Crippen LogP contribution in [0.4, 0.5) is 0 Å². The molecule has 5 N–H and O–H groups in total. The molecule has 0 spiro atoms. The largest absolute Gasteiger partial charge is 0.480 e. The van der Waals surface area contributed by atoms with Gasteiger partial charge in [0.1, 0.15) is 12.1 Å². The second-order valence-corrected chi connectivity index (χ2v) is 6.19. The summed E-state index contributed by atoms with van der Waals surface area (Å²) in [6, 6.07) is -2.49. The topological polar surface area (TPSA) is 122 Å². The minimum absolute atomic E-state index is 0.163. The van der Waals surface area contributed by atoms with E-state index in [2.05, 4.69) is 10.6 Å². The van der Waals surface area contributed by atoms with Gasteiger partial charge in [-0.3, -0.25) is 9.59 Å². The molecule has 0 fully saturated rings. The first-order valence-electron chi connectivity index (χ1n) is 7.69. The van der Waals surface area contributed by atoms with Gasteiger partial charge in [0, 0.05) is 0 Å². The first-order chi connectivity index (χ1) is 10.1. The van der Waals surface area contributed by atoms with Crippen LogP contribution < -0.4 is 16.4 Å². The van der Waals surface area contributed by atoms with Gasteiger partial charge in [-0.1, -0.05) is 34.1 Å². The van der Waals surface area contributed by atoms with Crippen molar-refractivity contribution in [2.45, 2.75) is 65.6 Å². The predicted molar refractivity (Wildman–Crippen MR) is 84.1 cm³/mol. The SMILES string of the molecule is CC[C@H](C)[C@H](NC(=O)[C@H](CC(C)C)NC(=O)[C@H](C)N)C(=O)O. The second-order valence-electron chi connectivity index (χ2n) is 6.19. The number of nitrogens with two attached hydrogens (primary N) is 1. The van der Waals surface area contributed by atoms with E-state index < -0.39 is 35.9 Å². The number of carbonyl (C=O) groups is 3. The molecule has 0 heterocycles. The van der Waals surface area contributed by atoms with Crippen LogP contribution in [0.1, 0.15) is 47.5 Å². The lowest BCUT2D eigenvalue weighted by molar-refractivity contribution is -0.143. The molecule has 0 radical (unpaired) electrons. The van der Waals surface area contributed by atoms with Crippen molar-refractivity contribution >= 4 is 17.8 Å². The summed E-state index contributed by atoms with van der Waals surface area (Å²) in [5.41, 5.74) is 5.50. The highest BCUT2D eigenvalue weighted by Gasteiger charge is 2.30. The molecule has 0 saturated carbocycles. The van der Waals surface area contributed by atoms with Gasteiger partial charge in [0.15, 0.2) is 0 Å². The van der Waals surface area contributed by atoms with E-state index in [4.69, 9.17) is 5.73 Å². The van der Waals surface area contributed by atoms with E-state index in [1.807, 2.05) is 20.8 Å². The summed E-state index contributed by atoms with van der Waals surface area (Å²) in [6.45, 7) is 8.98. The molecule has 0 aliphatic heterocycles. The van der Waals surface area contributed by atoms with Crippen LogP contribution >= 0.6 is 0 Å². The predicted octanol–water partition coefficient (Wildman–Crippen LogP) is 0.480. The number of hydrogen-bond donors (Lipinski definition) is 4. The summed E-state index contributed by atoms with van der Waals surface area (Å²) in [5.74, 6) is -2.04. The van der Waals surface area contributed by atoms with Crippen LogP contribution in [0.25, 0.3) is 0 Å². The minimum atomic E-state index is -1.08. The third-order valence-electron chi connectivity index (χ3n) is 3.53. The highest BCUT2D eigenvalue weighted by Crippen LogP contribution is 2.10. The van der Waals surface area contributed by atoms with Crippen molar-refractivity contribution in [3.63, 3.8) is 0 Å². The first kappa shape index (κ1) is 20.4. The standard InChI is InChI=1S/C15H29N3O4/c1-6-9(4)12(15(21)22)18-14(20)11(7-8(2)3)17-13(19)10(5)16/h8-12H,6-7,16H2,1-5H3,(H,17,19)(H,18,20)(H,21,22)/t9-,10-,11-,12-/m0/s1. The summed E-state index contributed by atoms with van der Waals surface area (Å²) in [5, 5.41) is 14.3. The van der Waals surface area contributed by atoms with Gasteiger partial charge in [-0.05, 0) is 25.2 Å². The van der Waals surface area contributed by atoms with Crippen LogP contribution in [0.5, 0.6) is 0 Å². The van der Waals surface area contributed by atoms with Crippen LogP contribution in [-0.4, -0.2) is 41.0 Å². The molecule has 2 amide bonds. The molecule has 128 valence electrons. The monoisotopic (exact) mass is 315 g/mol. The Labute approximate surface area is 132 Å². The van der Waals surface area contributed by atoms with E-state index in [0.29, 0.717) is 12.8 Å². The van der Waals surface area contributed by atoms with Gasteiger partial charge in [-0.15, -0.1) is 0 Å². The zero-order valence-electron chi connectivity index (χ0n) is 14.1. The smallest absolute Gasteiger partial charge is 0.326 e. The van der Waals surface area contributed by atoms with E-state index in [0.717, 1.165) is 0 Å². The normalized spacial score (nSPS) is 16.5. The summed E-state index contributed by atoms with van der Waals surface area (Å²) in [7, 11) is 0. The molecule has 0 saturated heterocycles. The van der Waals surface area contributed by atoms with Gasteiger partial charge in [0.25, 0.3) is 0 Å². The molecule has 0 aromatic heterocycles. The van der Waals surface area contributed by atoms with Crippen LogP contribution in [0.15, 0.2) is 0 Å². The fourth-order valence-corrected chi connectivity index (χ4v) is 1.94. The quantitative estimate of drug-likeness (QED) is 0.493. The van der Waals surface area contributed by atoms with E-state index in [1.165, 1.54) is 6.92 Å². The number of nitrogens with one attached hydrogen (secondary N) is 2. The Bertz CT molecular complexity index is 396. The lowest BCUT2D eigenvalue weighted by atomic mass is 9.97. The second kappa shape index (κ2) is 9.40. The summed E-state index contributed by atoms with van der Waals surface area (Å²) in [4.78, 5) is 35.3. The van der Waals surface area contributed by atoms with Gasteiger partial charge < -0.3 is 21.5 Å². The Hall–Kier alpha value is -1.63. The van der Waals surface area contributed by atoms with Crippen molar-refractivity contribution in [1.29, 1.82) is 0 Å². The van der Waals surface area contributed by atoms with E-state index >= 15 is 0 Å². The molecule has 7 nitrogen and oxygen atoms in total. The Morgan fingerprint density at radius 1 is 1.05 bits per heavy atom. The zero-order valence-corrected chi connectivity index (χ0v) is 14.1. The number of carboxylic acid groups (broad SMARTS) is 1. The third-order valence-corrected chi connectivity index (χ3v) is 3.53. The maximum atomic E-state index is 12.3. The van der Waals surface area contributed by atoms with Crippen LogP contribution in [0.2, 0.25) is 0 Å². The van der Waals surface area contributed by atoms with Crippen molar-refractivity contribution in [3.05, 3.63) is 0 Å². The maximum absolute atomic E-state index is 12.3. The fraction of sp³-hybridized carbons (Fsp3) is 0.800. The number of amides is 2. The van der Waals surface area contributed by atoms with Gasteiger partial charge in [0.2, 0.25) is 11.8 Å². The molecule has 0 unspecified atom stereocenters. The molecule has 0 bridgehead atoms. The van der Waals surface area contributed by atoms with Gasteiger partial charge in [-0.25, -0.2) is 4.79 Å². The Balaban J connectivity index is 5.01. The highest BCUT2D eigenvalue weighted by atomic mass is 16.4. The first-order valence-corrected chi connectivity index (χ1v) is 7.69. The Morgan fingerprint density at radius 2 is 1.59 bits per heavy atom. The summed E-state index contributed by atoms with van der Waals surface area (Å²) in [6.07, 6.45) is 1.04. The van der Waals surface area contributed by atoms with E-state index in [9.17, 15) is 19.5 Å². The number of carboxylic acids is 1. The minimum Gasteiger partial charge on any atom is -0.480 e. The molecular formula is C15H29N3O4. The van der Waals surface area contributed by atoms with Crippen molar-refractivity contribution in [1.82, 2.24) is 10.6 Å². The molecule has 0 aromatic carbocycles. The van der Waals surface area contributed by atoms with Crippen LogP contribution in [-0.2, 0) is 14.4 Å². The number of aliphatic carboxylic acids is 1. The highest BCUT2D eigenvalue weighted by molar-refractivity contribution is 5.91. The van der Waals surface area contributed by atoms with E-state index in [1.54, 1.807) is 6.92 Å². The van der Waals surface area contributed by atoms with Crippen molar-refractivity contribution in [2.24, 2.45) is 17.6 Å². The molecule has 0 rings (SSSR count). The number of hydrogen-bond acceptors (Lipinski definition) is 4. The van der Waals surface area contributed by atoms with Gasteiger partial charge in [0.05, 0.1) is 6.04 Å². The lowest BCUT2D eigenvalue weighted by Crippen LogP contribution is -2.55. The molecule has 4 atom stereocenters. The van der Waals surface area contributed by atoms with Crippen molar-refractivity contribution in [2.75, 3.05) is 0 Å². The Kier molecular flexibility index (Phi) is 8.70. The summed E-state index contributed by atoms with van der Waals surface area (Å²) >= 11 is 0. The van der Waals surface area contributed by atoms with Gasteiger partial charge >= 0.3 is 5.97 Å². The average molecular weight is 315 g/mol. The molecule has 7 heteroatoms. The maximum Gasteiger partial charge on any atom is 0.326 e. The fourth-order valence-electron chi connectivity index (χ4n) is 1.94. The summed E-state index contributed by atoms with van der Waals surface area (Å²) < 4.78 is 0. The Morgan fingerprint density at radius 3 is 1.95 bits per heavy atom. The number of rotatable bonds is 9. The lowest BCUT2D eigenvalue weighted by Gasteiger charge is -2.25. The molecule has 0 aliphatic carbocycles. The molecule has 22 heavy (non-hydrogen) atoms. The van der Waals surface area contributed by atoms with Crippen LogP contribution in [0, 0.1) is 11.8 Å². The van der Waals surface area contributed by atoms with Crippen LogP contribution in [0.3, 0.4) is 0 Å². The van der Waals surface area contributed by atoms with E-state index in [-0.39, 0.29) is 11.8 Å². The zero-order chi connectivity index (χ0) is 17.4. The average Bonchev–Trinajstić information content (AvgIpc) is 2.41. The molecule has 0 aliphatic rings. The molecular weight excluding hydrogens is 286 g/mol. The van der Waals surface area contributed by atoms with Crippen molar-refractivity contribution in [3.8, 4) is 0 Å². The van der Waals surface area contributed by atoms with Gasteiger partial charge in [-0.2, -0.15) is 0 Å². The molecule has 0 aromatic rings. The number of carbonyl (C=O) groups excluding carboxylic acids is 2. The third kappa shape index (κ3) is 6.89.